The molecule has 0 N–H and O–H groups in total. The van der Waals surface area contributed by atoms with Crippen LogP contribution in [-0.4, -0.2) is 12.9 Å². The number of ether oxygens (including phenoxy) is 1. The number of ketones is 1. The van der Waals surface area contributed by atoms with E-state index in [1.807, 2.05) is 45.9 Å². The number of Topliss-reactive ketones (excluding diaryl/α,β-unsaturated/α-hetero) is 1. The normalized spacial score (nSPS) is 13.2. The van der Waals surface area contributed by atoms with Crippen LogP contribution in [0.5, 0.6) is 5.75 Å². The zero-order chi connectivity index (χ0) is 13.8. The van der Waals surface area contributed by atoms with Gasteiger partial charge < -0.3 is 4.74 Å². The van der Waals surface area contributed by atoms with Gasteiger partial charge in [0.15, 0.2) is 0 Å². The van der Waals surface area contributed by atoms with E-state index in [0.717, 1.165) is 18.6 Å². The zero-order valence-corrected chi connectivity index (χ0v) is 12.1. The minimum Gasteiger partial charge on any atom is -0.496 e. The predicted octanol–water partition coefficient (Wildman–Crippen LogP) is 3.88. The Balaban J connectivity index is 2.63. The molecule has 0 heterocycles. The zero-order valence-electron chi connectivity index (χ0n) is 12.1. The van der Waals surface area contributed by atoms with Crippen LogP contribution in [0.2, 0.25) is 0 Å². The van der Waals surface area contributed by atoms with E-state index in [1.54, 1.807) is 7.11 Å². The molecule has 0 saturated heterocycles. The van der Waals surface area contributed by atoms with E-state index in [1.165, 1.54) is 5.56 Å². The van der Waals surface area contributed by atoms with Crippen molar-refractivity contribution in [3.63, 3.8) is 0 Å². The number of aryl methyl sites for hydroxylation is 1. The van der Waals surface area contributed by atoms with Crippen molar-refractivity contribution in [1.29, 1.82) is 0 Å². The second kappa shape index (κ2) is 6.03. The quantitative estimate of drug-likeness (QED) is 0.790. The number of para-hydroxylation sites is 1. The van der Waals surface area contributed by atoms with Gasteiger partial charge in [-0.3, -0.25) is 4.79 Å². The lowest BCUT2D eigenvalue weighted by Gasteiger charge is -2.22. The Hall–Kier alpha value is -1.31. The number of hydrogen-bond acceptors (Lipinski definition) is 2. The molecule has 1 unspecified atom stereocenters. The SMILES string of the molecule is COc1ccccc1CCC(C)C(=O)C(C)(C)C. The molecule has 0 amide bonds. The van der Waals surface area contributed by atoms with E-state index >= 15 is 0 Å². The van der Waals surface area contributed by atoms with Crippen LogP contribution in [0.3, 0.4) is 0 Å². The fourth-order valence-corrected chi connectivity index (χ4v) is 2.15. The minimum absolute atomic E-state index is 0.0925. The van der Waals surface area contributed by atoms with Crippen molar-refractivity contribution in [1.82, 2.24) is 0 Å². The van der Waals surface area contributed by atoms with Gasteiger partial charge in [-0.05, 0) is 24.5 Å². The van der Waals surface area contributed by atoms with Gasteiger partial charge in [0.2, 0.25) is 0 Å². The maximum atomic E-state index is 12.1. The van der Waals surface area contributed by atoms with Gasteiger partial charge in [-0.1, -0.05) is 45.9 Å². The van der Waals surface area contributed by atoms with Crippen molar-refractivity contribution < 1.29 is 9.53 Å². The molecule has 18 heavy (non-hydrogen) atoms. The van der Waals surface area contributed by atoms with E-state index in [9.17, 15) is 4.79 Å². The molecule has 100 valence electrons. The highest BCUT2D eigenvalue weighted by Gasteiger charge is 2.26. The van der Waals surface area contributed by atoms with Crippen LogP contribution in [0.25, 0.3) is 0 Å². The third-order valence-corrected chi connectivity index (χ3v) is 3.23. The lowest BCUT2D eigenvalue weighted by molar-refractivity contribution is -0.130. The molecule has 0 radical (unpaired) electrons. The first-order valence-corrected chi connectivity index (χ1v) is 6.52. The summed E-state index contributed by atoms with van der Waals surface area (Å²) in [7, 11) is 1.68. The molecule has 1 rings (SSSR count). The van der Waals surface area contributed by atoms with Crippen LogP contribution in [0, 0.1) is 11.3 Å². The smallest absolute Gasteiger partial charge is 0.141 e. The number of carbonyl (C=O) groups excluding carboxylic acids is 1. The topological polar surface area (TPSA) is 26.3 Å². The van der Waals surface area contributed by atoms with Crippen LogP contribution in [0.4, 0.5) is 0 Å². The fourth-order valence-electron chi connectivity index (χ4n) is 2.15. The summed E-state index contributed by atoms with van der Waals surface area (Å²) >= 11 is 0. The van der Waals surface area contributed by atoms with E-state index in [-0.39, 0.29) is 11.3 Å². The predicted molar refractivity (Wildman–Crippen MR) is 74.9 cm³/mol. The number of carbonyl (C=O) groups is 1. The van der Waals surface area contributed by atoms with Gasteiger partial charge in [0, 0.05) is 11.3 Å². The lowest BCUT2D eigenvalue weighted by atomic mass is 9.81. The van der Waals surface area contributed by atoms with Crippen LogP contribution in [-0.2, 0) is 11.2 Å². The molecule has 1 atom stereocenters. The van der Waals surface area contributed by atoms with Crippen LogP contribution >= 0.6 is 0 Å². The Morgan fingerprint density at radius 3 is 2.44 bits per heavy atom. The van der Waals surface area contributed by atoms with Crippen LogP contribution < -0.4 is 4.74 Å². The number of benzene rings is 1. The summed E-state index contributed by atoms with van der Waals surface area (Å²) in [4.78, 5) is 12.1. The molecule has 0 aliphatic carbocycles. The molecule has 1 aromatic carbocycles. The molecule has 0 bridgehead atoms. The molecule has 2 nitrogen and oxygen atoms in total. The summed E-state index contributed by atoms with van der Waals surface area (Å²) in [6.45, 7) is 7.96. The average molecular weight is 248 g/mol. The van der Waals surface area contributed by atoms with E-state index in [2.05, 4.69) is 6.07 Å². The van der Waals surface area contributed by atoms with Gasteiger partial charge in [0.05, 0.1) is 7.11 Å². The maximum Gasteiger partial charge on any atom is 0.141 e. The Morgan fingerprint density at radius 2 is 1.89 bits per heavy atom. The average Bonchev–Trinajstić information content (AvgIpc) is 2.34. The van der Waals surface area contributed by atoms with E-state index in [0.29, 0.717) is 5.78 Å². The monoisotopic (exact) mass is 248 g/mol. The van der Waals surface area contributed by atoms with Crippen molar-refractivity contribution >= 4 is 5.78 Å². The Kier molecular flexibility index (Phi) is 4.94. The number of hydrogen-bond donors (Lipinski definition) is 0. The highest BCUT2D eigenvalue weighted by Crippen LogP contribution is 2.25. The lowest BCUT2D eigenvalue weighted by Crippen LogP contribution is -2.26. The number of methoxy groups -OCH3 is 1. The Bertz CT molecular complexity index is 402. The third kappa shape index (κ3) is 3.86. The van der Waals surface area contributed by atoms with Crippen LogP contribution in [0.15, 0.2) is 24.3 Å². The molecule has 0 spiro atoms. The first-order chi connectivity index (χ1) is 8.36. The summed E-state index contributed by atoms with van der Waals surface area (Å²) in [5, 5.41) is 0. The van der Waals surface area contributed by atoms with Crippen molar-refractivity contribution in [2.75, 3.05) is 7.11 Å². The van der Waals surface area contributed by atoms with Gasteiger partial charge in [0.1, 0.15) is 11.5 Å². The highest BCUT2D eigenvalue weighted by atomic mass is 16.5. The van der Waals surface area contributed by atoms with Gasteiger partial charge in [-0.25, -0.2) is 0 Å². The van der Waals surface area contributed by atoms with Crippen molar-refractivity contribution in [3.8, 4) is 5.75 Å². The standard InChI is InChI=1S/C16H24O2/c1-12(15(17)16(2,3)4)10-11-13-8-6-7-9-14(13)18-5/h6-9,12H,10-11H2,1-5H3. The third-order valence-electron chi connectivity index (χ3n) is 3.23. The molecule has 0 aliphatic heterocycles. The molecule has 0 fully saturated rings. The van der Waals surface area contributed by atoms with Crippen LogP contribution in [0.1, 0.15) is 39.7 Å². The van der Waals surface area contributed by atoms with Gasteiger partial charge in [-0.2, -0.15) is 0 Å². The first kappa shape index (κ1) is 14.7. The molecule has 2 heteroatoms. The largest absolute Gasteiger partial charge is 0.496 e. The molecule has 1 aromatic rings. The van der Waals surface area contributed by atoms with Gasteiger partial charge >= 0.3 is 0 Å². The van der Waals surface area contributed by atoms with Crippen molar-refractivity contribution in [2.24, 2.45) is 11.3 Å². The summed E-state index contributed by atoms with van der Waals surface area (Å²) < 4.78 is 5.32. The van der Waals surface area contributed by atoms with Crippen molar-refractivity contribution in [3.05, 3.63) is 29.8 Å². The maximum absolute atomic E-state index is 12.1. The Labute approximate surface area is 110 Å². The van der Waals surface area contributed by atoms with E-state index in [4.69, 9.17) is 4.74 Å². The molecular weight excluding hydrogens is 224 g/mol. The summed E-state index contributed by atoms with van der Waals surface area (Å²) in [5.74, 6) is 1.33. The first-order valence-electron chi connectivity index (χ1n) is 6.52. The molecule has 0 aromatic heterocycles. The second-order valence-corrected chi connectivity index (χ2v) is 5.87. The highest BCUT2D eigenvalue weighted by molar-refractivity contribution is 5.85. The molecular formula is C16H24O2. The Morgan fingerprint density at radius 1 is 1.28 bits per heavy atom. The minimum atomic E-state index is -0.250. The summed E-state index contributed by atoms with van der Waals surface area (Å²) in [6, 6.07) is 8.00. The van der Waals surface area contributed by atoms with Crippen molar-refractivity contribution in [2.45, 2.75) is 40.5 Å². The molecule has 0 aliphatic rings. The van der Waals surface area contributed by atoms with Gasteiger partial charge in [0.25, 0.3) is 0 Å². The molecule has 0 saturated carbocycles. The fraction of sp³-hybridized carbons (Fsp3) is 0.562. The van der Waals surface area contributed by atoms with E-state index < -0.39 is 0 Å². The number of rotatable bonds is 5. The summed E-state index contributed by atoms with van der Waals surface area (Å²) in [6.07, 6.45) is 1.75. The second-order valence-electron chi connectivity index (χ2n) is 5.87. The van der Waals surface area contributed by atoms with Gasteiger partial charge in [-0.15, -0.1) is 0 Å². The summed E-state index contributed by atoms with van der Waals surface area (Å²) in [5.41, 5.74) is 0.925.